The van der Waals surface area contributed by atoms with E-state index in [0.717, 1.165) is 0 Å². The number of nitrogens with zero attached hydrogens (tertiary/aromatic N) is 1. The topological polar surface area (TPSA) is 131 Å². The Morgan fingerprint density at radius 1 is 1.36 bits per heavy atom. The van der Waals surface area contributed by atoms with Gasteiger partial charge in [0.25, 0.3) is 5.69 Å². The van der Waals surface area contributed by atoms with Crippen molar-refractivity contribution in [3.63, 3.8) is 0 Å². The standard InChI is InChI=1S/C13H18N2O7/c1-21-11-5-8(3-4-9(7-16)14-13(17)18)10(15(19)20)6-12(11)22-2/h5-6,9,14,16H,3-4,7H2,1-2H3,(H,17,18). The number of aliphatic hydroxyl groups excluding tert-OH is 1. The predicted molar refractivity (Wildman–Crippen MR) is 76.6 cm³/mol. The largest absolute Gasteiger partial charge is 0.493 e. The van der Waals surface area contributed by atoms with Gasteiger partial charge < -0.3 is 25.0 Å². The van der Waals surface area contributed by atoms with Crippen LogP contribution in [0.15, 0.2) is 12.1 Å². The molecule has 0 saturated heterocycles. The van der Waals surface area contributed by atoms with Crippen LogP contribution in [0.25, 0.3) is 0 Å². The van der Waals surface area contributed by atoms with Crippen LogP contribution in [0.3, 0.4) is 0 Å². The van der Waals surface area contributed by atoms with Crippen molar-refractivity contribution < 1.29 is 29.4 Å². The summed E-state index contributed by atoms with van der Waals surface area (Å²) in [6.45, 7) is -0.395. The first-order valence-corrected chi connectivity index (χ1v) is 6.42. The van der Waals surface area contributed by atoms with Crippen LogP contribution in [0.5, 0.6) is 11.5 Å². The van der Waals surface area contributed by atoms with E-state index in [-0.39, 0.29) is 24.3 Å². The van der Waals surface area contributed by atoms with E-state index in [4.69, 9.17) is 19.7 Å². The summed E-state index contributed by atoms with van der Waals surface area (Å²) >= 11 is 0. The van der Waals surface area contributed by atoms with Gasteiger partial charge in [0.2, 0.25) is 0 Å². The summed E-state index contributed by atoms with van der Waals surface area (Å²) < 4.78 is 10.1. The summed E-state index contributed by atoms with van der Waals surface area (Å²) in [5, 5.41) is 31.0. The lowest BCUT2D eigenvalue weighted by Gasteiger charge is -2.15. The van der Waals surface area contributed by atoms with E-state index >= 15 is 0 Å². The summed E-state index contributed by atoms with van der Waals surface area (Å²) in [5.41, 5.74) is 0.220. The second-order valence-corrected chi connectivity index (χ2v) is 4.46. The number of carbonyl (C=O) groups is 1. The van der Waals surface area contributed by atoms with Crippen molar-refractivity contribution in [2.75, 3.05) is 20.8 Å². The van der Waals surface area contributed by atoms with Gasteiger partial charge >= 0.3 is 6.09 Å². The SMILES string of the molecule is COc1cc(CCC(CO)NC(=O)O)c([N+](=O)[O-])cc1OC. The third-order valence-corrected chi connectivity index (χ3v) is 3.09. The van der Waals surface area contributed by atoms with E-state index in [0.29, 0.717) is 11.3 Å². The number of rotatable bonds is 8. The fourth-order valence-electron chi connectivity index (χ4n) is 1.99. The van der Waals surface area contributed by atoms with E-state index in [1.165, 1.54) is 26.4 Å². The Morgan fingerprint density at radius 2 is 1.95 bits per heavy atom. The summed E-state index contributed by atoms with van der Waals surface area (Å²) in [6.07, 6.45) is -0.859. The van der Waals surface area contributed by atoms with Gasteiger partial charge in [-0.05, 0) is 18.9 Å². The van der Waals surface area contributed by atoms with Gasteiger partial charge in [-0.3, -0.25) is 10.1 Å². The first kappa shape index (κ1) is 17.5. The Morgan fingerprint density at radius 3 is 2.41 bits per heavy atom. The number of nitro groups is 1. The number of methoxy groups -OCH3 is 2. The first-order valence-electron chi connectivity index (χ1n) is 6.42. The van der Waals surface area contributed by atoms with Gasteiger partial charge in [0.15, 0.2) is 11.5 Å². The number of aryl methyl sites for hydroxylation is 1. The van der Waals surface area contributed by atoms with Crippen molar-refractivity contribution in [3.8, 4) is 11.5 Å². The summed E-state index contributed by atoms with van der Waals surface area (Å²) in [6, 6.07) is 2.03. The quantitative estimate of drug-likeness (QED) is 0.485. The molecule has 9 nitrogen and oxygen atoms in total. The van der Waals surface area contributed by atoms with Gasteiger partial charge in [0.05, 0.1) is 37.9 Å². The molecule has 0 aromatic heterocycles. The molecule has 0 aliphatic carbocycles. The highest BCUT2D eigenvalue weighted by molar-refractivity contribution is 5.64. The molecule has 0 bridgehead atoms. The Balaban J connectivity index is 3.01. The van der Waals surface area contributed by atoms with Crippen LogP contribution >= 0.6 is 0 Å². The zero-order valence-corrected chi connectivity index (χ0v) is 12.2. The second-order valence-electron chi connectivity index (χ2n) is 4.46. The van der Waals surface area contributed by atoms with Gasteiger partial charge in [-0.2, -0.15) is 0 Å². The highest BCUT2D eigenvalue weighted by atomic mass is 16.6. The number of benzene rings is 1. The number of hydrogen-bond donors (Lipinski definition) is 3. The van der Waals surface area contributed by atoms with Gasteiger partial charge in [0, 0.05) is 5.56 Å². The van der Waals surface area contributed by atoms with Gasteiger partial charge in [-0.1, -0.05) is 0 Å². The van der Waals surface area contributed by atoms with Crippen molar-refractivity contribution in [3.05, 3.63) is 27.8 Å². The van der Waals surface area contributed by atoms with Gasteiger partial charge in [-0.25, -0.2) is 4.79 Å². The Bertz CT molecular complexity index is 547. The molecule has 1 aromatic rings. The molecule has 9 heteroatoms. The van der Waals surface area contributed by atoms with Crippen LogP contribution in [0.2, 0.25) is 0 Å². The third kappa shape index (κ3) is 4.48. The predicted octanol–water partition coefficient (Wildman–Crippen LogP) is 1.17. The van der Waals surface area contributed by atoms with Crippen LogP contribution in [-0.2, 0) is 6.42 Å². The zero-order valence-electron chi connectivity index (χ0n) is 12.2. The summed E-state index contributed by atoms with van der Waals surface area (Å²) in [4.78, 5) is 21.2. The molecule has 1 amide bonds. The highest BCUT2D eigenvalue weighted by Gasteiger charge is 2.20. The molecule has 3 N–H and O–H groups in total. The number of nitrogens with one attached hydrogen (secondary N) is 1. The number of ether oxygens (including phenoxy) is 2. The Labute approximate surface area is 126 Å². The summed E-state index contributed by atoms with van der Waals surface area (Å²) in [7, 11) is 2.79. The molecule has 0 saturated carbocycles. The van der Waals surface area contributed by atoms with Crippen LogP contribution in [0.1, 0.15) is 12.0 Å². The maximum Gasteiger partial charge on any atom is 0.404 e. The lowest BCUT2D eigenvalue weighted by Crippen LogP contribution is -2.36. The molecule has 0 aliphatic heterocycles. The van der Waals surface area contributed by atoms with Crippen molar-refractivity contribution >= 4 is 11.8 Å². The van der Waals surface area contributed by atoms with E-state index < -0.39 is 23.7 Å². The minimum absolute atomic E-state index is 0.148. The number of nitro benzene ring substituents is 1. The Hall–Kier alpha value is -2.55. The minimum atomic E-state index is -1.26. The average Bonchev–Trinajstić information content (AvgIpc) is 2.49. The first-order chi connectivity index (χ1) is 10.4. The van der Waals surface area contributed by atoms with Gasteiger partial charge in [0.1, 0.15) is 0 Å². The zero-order chi connectivity index (χ0) is 16.7. The minimum Gasteiger partial charge on any atom is -0.493 e. The van der Waals surface area contributed by atoms with Crippen LogP contribution in [0, 0.1) is 10.1 Å². The molecule has 0 aliphatic rings. The maximum absolute atomic E-state index is 11.1. The lowest BCUT2D eigenvalue weighted by atomic mass is 10.0. The second kappa shape index (κ2) is 8.03. The average molecular weight is 314 g/mol. The molecule has 1 atom stereocenters. The van der Waals surface area contributed by atoms with Crippen molar-refractivity contribution in [2.24, 2.45) is 0 Å². The molecule has 1 rings (SSSR count). The van der Waals surface area contributed by atoms with Crippen LogP contribution in [-0.4, -0.2) is 48.1 Å². The molecule has 0 heterocycles. The van der Waals surface area contributed by atoms with Gasteiger partial charge in [-0.15, -0.1) is 0 Å². The molecule has 122 valence electrons. The number of hydrogen-bond acceptors (Lipinski definition) is 6. The molecule has 0 spiro atoms. The maximum atomic E-state index is 11.1. The summed E-state index contributed by atoms with van der Waals surface area (Å²) in [5.74, 6) is 0.579. The molecular formula is C13H18N2O7. The molecule has 0 fully saturated rings. The molecule has 0 radical (unpaired) electrons. The van der Waals surface area contributed by atoms with E-state index in [1.807, 2.05) is 0 Å². The van der Waals surface area contributed by atoms with E-state index in [2.05, 4.69) is 5.32 Å². The van der Waals surface area contributed by atoms with E-state index in [1.54, 1.807) is 0 Å². The number of carboxylic acid groups (broad SMARTS) is 1. The van der Waals surface area contributed by atoms with Crippen molar-refractivity contribution in [1.29, 1.82) is 0 Å². The van der Waals surface area contributed by atoms with Crippen molar-refractivity contribution in [2.45, 2.75) is 18.9 Å². The van der Waals surface area contributed by atoms with Crippen molar-refractivity contribution in [1.82, 2.24) is 5.32 Å². The molecular weight excluding hydrogens is 296 g/mol. The smallest absolute Gasteiger partial charge is 0.404 e. The molecule has 1 unspecified atom stereocenters. The fourth-order valence-corrected chi connectivity index (χ4v) is 1.99. The number of aliphatic hydroxyl groups is 1. The lowest BCUT2D eigenvalue weighted by molar-refractivity contribution is -0.385. The Kier molecular flexibility index (Phi) is 6.39. The monoisotopic (exact) mass is 314 g/mol. The molecule has 1 aromatic carbocycles. The van der Waals surface area contributed by atoms with E-state index in [9.17, 15) is 14.9 Å². The van der Waals surface area contributed by atoms with Crippen LogP contribution in [0.4, 0.5) is 10.5 Å². The number of amides is 1. The highest BCUT2D eigenvalue weighted by Crippen LogP contribution is 2.35. The van der Waals surface area contributed by atoms with Crippen LogP contribution < -0.4 is 14.8 Å². The molecule has 22 heavy (non-hydrogen) atoms. The fraction of sp³-hybridized carbons (Fsp3) is 0.462. The third-order valence-electron chi connectivity index (χ3n) is 3.09. The normalized spacial score (nSPS) is 11.6.